The van der Waals surface area contributed by atoms with Gasteiger partial charge in [0.1, 0.15) is 0 Å². The van der Waals surface area contributed by atoms with Crippen LogP contribution in [0, 0.1) is 5.41 Å². The Morgan fingerprint density at radius 1 is 1.42 bits per heavy atom. The van der Waals surface area contributed by atoms with E-state index in [-0.39, 0.29) is 9.76 Å². The molecule has 1 atom stereocenters. The molecule has 0 heterocycles. The van der Waals surface area contributed by atoms with E-state index in [0.29, 0.717) is 11.5 Å². The summed E-state index contributed by atoms with van der Waals surface area (Å²) in [5.41, 5.74) is 0.469. The van der Waals surface area contributed by atoms with Crippen LogP contribution >= 0.6 is 22.6 Å². The Balaban J connectivity index is 3.31. The van der Waals surface area contributed by atoms with E-state index in [9.17, 15) is 0 Å². The first-order valence-corrected chi connectivity index (χ1v) is 7.73. The molecule has 1 nitrogen and oxygen atoms in total. The van der Waals surface area contributed by atoms with Gasteiger partial charge in [-0.1, -0.05) is 43.4 Å². The van der Waals surface area contributed by atoms with Crippen molar-refractivity contribution in [3.05, 3.63) is 0 Å². The van der Waals surface area contributed by atoms with Gasteiger partial charge in [0.05, 0.1) is 0 Å². The Kier molecular flexibility index (Phi) is 6.86. The Labute approximate surface area is 92.7 Å². The van der Waals surface area contributed by atoms with Gasteiger partial charge in [-0.05, 0) is 24.8 Å². The summed E-state index contributed by atoms with van der Waals surface area (Å²) in [4.78, 5) is 0. The first-order valence-electron chi connectivity index (χ1n) is 4.63. The molecule has 0 saturated carbocycles. The SMILES string of the molecule is CC(CCI)O[SiH2]CC(C)(C)C. The summed E-state index contributed by atoms with van der Waals surface area (Å²) < 4.78 is 7.00. The second-order valence-electron chi connectivity index (χ2n) is 4.47. The second kappa shape index (κ2) is 6.37. The predicted molar refractivity (Wildman–Crippen MR) is 66.9 cm³/mol. The Bertz CT molecular complexity index is 112. The normalized spacial score (nSPS) is 15.8. The summed E-state index contributed by atoms with van der Waals surface area (Å²) in [7, 11) is -0.264. The van der Waals surface area contributed by atoms with Crippen molar-refractivity contribution >= 4 is 32.4 Å². The highest BCUT2D eigenvalue weighted by atomic mass is 127. The summed E-state index contributed by atoms with van der Waals surface area (Å²) in [5, 5.41) is 0. The fourth-order valence-corrected chi connectivity index (χ4v) is 2.98. The van der Waals surface area contributed by atoms with Gasteiger partial charge < -0.3 is 4.43 Å². The smallest absolute Gasteiger partial charge is 0.162 e. The van der Waals surface area contributed by atoms with E-state index in [4.69, 9.17) is 4.43 Å². The van der Waals surface area contributed by atoms with Gasteiger partial charge in [-0.3, -0.25) is 0 Å². The van der Waals surface area contributed by atoms with Crippen molar-refractivity contribution in [2.24, 2.45) is 5.41 Å². The van der Waals surface area contributed by atoms with Gasteiger partial charge in [0.2, 0.25) is 0 Å². The van der Waals surface area contributed by atoms with Crippen LogP contribution in [0.1, 0.15) is 34.1 Å². The molecule has 0 N–H and O–H groups in total. The van der Waals surface area contributed by atoms with E-state index < -0.39 is 0 Å². The number of hydrogen-bond donors (Lipinski definition) is 0. The molecule has 3 heteroatoms. The monoisotopic (exact) mass is 300 g/mol. The van der Waals surface area contributed by atoms with E-state index in [1.807, 2.05) is 0 Å². The number of halogens is 1. The maximum atomic E-state index is 5.79. The van der Waals surface area contributed by atoms with Crippen LogP contribution in [-0.4, -0.2) is 20.3 Å². The molecule has 0 bridgehead atoms. The van der Waals surface area contributed by atoms with Crippen molar-refractivity contribution in [3.8, 4) is 0 Å². The molecule has 0 radical (unpaired) electrons. The van der Waals surface area contributed by atoms with Crippen LogP contribution in [-0.2, 0) is 4.43 Å². The van der Waals surface area contributed by atoms with E-state index in [0.717, 1.165) is 0 Å². The molecule has 0 aromatic carbocycles. The minimum atomic E-state index is -0.264. The molecule has 12 heavy (non-hydrogen) atoms. The van der Waals surface area contributed by atoms with Crippen molar-refractivity contribution < 1.29 is 4.43 Å². The molecule has 1 unspecified atom stereocenters. The van der Waals surface area contributed by atoms with Crippen LogP contribution in [0.15, 0.2) is 0 Å². The van der Waals surface area contributed by atoms with Crippen LogP contribution in [0.2, 0.25) is 6.04 Å². The maximum absolute atomic E-state index is 5.79. The van der Waals surface area contributed by atoms with E-state index in [1.165, 1.54) is 16.9 Å². The standard InChI is InChI=1S/C9H21IOSi/c1-8(5-6-10)11-12-7-9(2,3)4/h8H,5-7,12H2,1-4H3. The third-order valence-corrected chi connectivity index (χ3v) is 4.90. The molecule has 74 valence electrons. The van der Waals surface area contributed by atoms with Crippen LogP contribution < -0.4 is 0 Å². The summed E-state index contributed by atoms with van der Waals surface area (Å²) in [6.07, 6.45) is 1.70. The molecule has 0 aliphatic carbocycles. The maximum Gasteiger partial charge on any atom is 0.162 e. The van der Waals surface area contributed by atoms with Crippen LogP contribution in [0.25, 0.3) is 0 Å². The molecule has 0 aromatic rings. The highest BCUT2D eigenvalue weighted by Crippen LogP contribution is 2.18. The molecular weight excluding hydrogens is 279 g/mol. The minimum Gasteiger partial charge on any atom is -0.421 e. The van der Waals surface area contributed by atoms with Crippen molar-refractivity contribution in [1.29, 1.82) is 0 Å². The number of alkyl halides is 1. The summed E-state index contributed by atoms with van der Waals surface area (Å²) in [5.74, 6) is 0. The van der Waals surface area contributed by atoms with Crippen LogP contribution in [0.4, 0.5) is 0 Å². The molecular formula is C9H21IOSi. The van der Waals surface area contributed by atoms with E-state index >= 15 is 0 Å². The molecule has 0 spiro atoms. The fourth-order valence-electron chi connectivity index (χ4n) is 0.803. The average molecular weight is 300 g/mol. The minimum absolute atomic E-state index is 0.264. The van der Waals surface area contributed by atoms with Gasteiger partial charge in [0, 0.05) is 10.5 Å². The number of hydrogen-bond acceptors (Lipinski definition) is 1. The zero-order valence-corrected chi connectivity index (χ0v) is 12.3. The molecule has 0 fully saturated rings. The van der Waals surface area contributed by atoms with Crippen molar-refractivity contribution in [1.82, 2.24) is 0 Å². The third-order valence-electron chi connectivity index (χ3n) is 1.77. The third kappa shape index (κ3) is 9.00. The van der Waals surface area contributed by atoms with Crippen molar-refractivity contribution in [2.75, 3.05) is 4.43 Å². The molecule has 0 saturated heterocycles. The first-order chi connectivity index (χ1) is 5.45. The molecule has 0 amide bonds. The highest BCUT2D eigenvalue weighted by Gasteiger charge is 2.11. The summed E-state index contributed by atoms with van der Waals surface area (Å²) >= 11 is 2.41. The Hall–Kier alpha value is 0.907. The zero-order valence-electron chi connectivity index (χ0n) is 8.69. The quantitative estimate of drug-likeness (QED) is 0.431. The number of rotatable bonds is 5. The Morgan fingerprint density at radius 3 is 2.42 bits per heavy atom. The molecule has 0 aliphatic heterocycles. The second-order valence-corrected chi connectivity index (χ2v) is 6.79. The topological polar surface area (TPSA) is 9.23 Å². The lowest BCUT2D eigenvalue weighted by Gasteiger charge is -2.19. The first kappa shape index (κ1) is 12.9. The average Bonchev–Trinajstić information content (AvgIpc) is 1.84. The van der Waals surface area contributed by atoms with E-state index in [2.05, 4.69) is 50.3 Å². The lowest BCUT2D eigenvalue weighted by atomic mass is 10.0. The summed E-state index contributed by atoms with van der Waals surface area (Å²) in [6, 6.07) is 1.29. The molecule has 0 aromatic heterocycles. The van der Waals surface area contributed by atoms with Gasteiger partial charge in [0.15, 0.2) is 9.76 Å². The summed E-state index contributed by atoms with van der Waals surface area (Å²) in [6.45, 7) is 9.04. The molecule has 0 aliphatic rings. The largest absolute Gasteiger partial charge is 0.421 e. The van der Waals surface area contributed by atoms with Crippen LogP contribution in [0.5, 0.6) is 0 Å². The lowest BCUT2D eigenvalue weighted by Crippen LogP contribution is -2.16. The van der Waals surface area contributed by atoms with Crippen molar-refractivity contribution in [2.45, 2.75) is 46.3 Å². The Morgan fingerprint density at radius 2 is 2.00 bits per heavy atom. The predicted octanol–water partition coefficient (Wildman–Crippen LogP) is 2.76. The van der Waals surface area contributed by atoms with E-state index in [1.54, 1.807) is 0 Å². The van der Waals surface area contributed by atoms with Gasteiger partial charge in [-0.2, -0.15) is 0 Å². The van der Waals surface area contributed by atoms with Crippen LogP contribution in [0.3, 0.4) is 0 Å². The highest BCUT2D eigenvalue weighted by molar-refractivity contribution is 14.1. The van der Waals surface area contributed by atoms with Gasteiger partial charge in [0.25, 0.3) is 0 Å². The van der Waals surface area contributed by atoms with Gasteiger partial charge in [-0.15, -0.1) is 0 Å². The van der Waals surface area contributed by atoms with Gasteiger partial charge in [-0.25, -0.2) is 0 Å². The molecule has 0 rings (SSSR count). The lowest BCUT2D eigenvalue weighted by molar-refractivity contribution is 0.225. The zero-order chi connectivity index (χ0) is 9.61. The van der Waals surface area contributed by atoms with Crippen molar-refractivity contribution in [3.63, 3.8) is 0 Å². The fraction of sp³-hybridized carbons (Fsp3) is 1.00. The van der Waals surface area contributed by atoms with Gasteiger partial charge >= 0.3 is 0 Å².